The number of sulfonamides is 1. The Morgan fingerprint density at radius 1 is 1.10 bits per heavy atom. The smallest absolute Gasteiger partial charge is 0.241 e. The zero-order valence-corrected chi connectivity index (χ0v) is 18.7. The van der Waals surface area contributed by atoms with Crippen molar-refractivity contribution in [2.75, 3.05) is 6.54 Å². The number of carbonyl (C=O) groups excluding carboxylic acids is 1. The highest BCUT2D eigenvalue weighted by Crippen LogP contribution is 2.21. The van der Waals surface area contributed by atoms with Crippen molar-refractivity contribution in [3.63, 3.8) is 0 Å². The minimum Gasteiger partial charge on any atom is -0.347 e. The predicted molar refractivity (Wildman–Crippen MR) is 118 cm³/mol. The molecule has 1 atom stereocenters. The van der Waals surface area contributed by atoms with Gasteiger partial charge in [-0.15, -0.1) is 0 Å². The molecule has 0 bridgehead atoms. The minimum atomic E-state index is -3.71. The van der Waals surface area contributed by atoms with E-state index in [1.165, 1.54) is 6.33 Å². The Morgan fingerprint density at radius 2 is 1.77 bits per heavy atom. The lowest BCUT2D eigenvalue weighted by Gasteiger charge is -2.19. The fourth-order valence-electron chi connectivity index (χ4n) is 3.66. The zero-order valence-electron chi connectivity index (χ0n) is 17.9. The molecule has 0 aliphatic carbocycles. The van der Waals surface area contributed by atoms with Crippen LogP contribution in [-0.4, -0.2) is 35.6 Å². The minimum absolute atomic E-state index is 0.00571. The number of aromatic nitrogens is 3. The summed E-state index contributed by atoms with van der Waals surface area (Å²) in [6.07, 6.45) is 3.04. The molecular formula is C22H27N5O3S. The van der Waals surface area contributed by atoms with E-state index >= 15 is 0 Å². The van der Waals surface area contributed by atoms with E-state index < -0.39 is 10.0 Å². The van der Waals surface area contributed by atoms with Gasteiger partial charge in [-0.2, -0.15) is 5.10 Å². The lowest BCUT2D eigenvalue weighted by atomic mass is 10.1. The van der Waals surface area contributed by atoms with E-state index in [4.69, 9.17) is 0 Å². The first-order valence-electron chi connectivity index (χ1n) is 10.0. The number of hydrogen-bond donors (Lipinski definition) is 2. The second-order valence-electron chi connectivity index (χ2n) is 7.52. The van der Waals surface area contributed by atoms with Crippen molar-refractivity contribution in [2.45, 2.75) is 44.7 Å². The van der Waals surface area contributed by atoms with Gasteiger partial charge in [0.15, 0.2) is 0 Å². The highest BCUT2D eigenvalue weighted by atomic mass is 32.2. The molecule has 0 spiro atoms. The molecule has 0 aliphatic rings. The van der Waals surface area contributed by atoms with E-state index in [0.29, 0.717) is 17.7 Å². The number of nitrogens with zero attached hydrogens (tertiary/aromatic N) is 3. The van der Waals surface area contributed by atoms with E-state index in [0.717, 1.165) is 11.1 Å². The van der Waals surface area contributed by atoms with E-state index in [1.807, 2.05) is 49.4 Å². The summed E-state index contributed by atoms with van der Waals surface area (Å²) >= 11 is 0. The van der Waals surface area contributed by atoms with Crippen LogP contribution in [0.2, 0.25) is 0 Å². The van der Waals surface area contributed by atoms with Crippen molar-refractivity contribution in [2.24, 2.45) is 0 Å². The third-order valence-electron chi connectivity index (χ3n) is 4.89. The second-order valence-corrected chi connectivity index (χ2v) is 9.23. The molecule has 1 heterocycles. The van der Waals surface area contributed by atoms with Crippen LogP contribution in [0.5, 0.6) is 0 Å². The van der Waals surface area contributed by atoms with Gasteiger partial charge in [0, 0.05) is 13.0 Å². The van der Waals surface area contributed by atoms with Crippen molar-refractivity contribution in [1.82, 2.24) is 24.8 Å². The summed E-state index contributed by atoms with van der Waals surface area (Å²) in [4.78, 5) is 16.8. The number of nitrogens with one attached hydrogen (secondary N) is 2. The maximum absolute atomic E-state index is 12.8. The lowest BCUT2D eigenvalue weighted by molar-refractivity contribution is -0.121. The average Bonchev–Trinajstić information content (AvgIpc) is 3.20. The molecule has 2 aromatic carbocycles. The normalized spacial score (nSPS) is 12.5. The Bertz CT molecular complexity index is 1110. The lowest BCUT2D eigenvalue weighted by Crippen LogP contribution is -2.35. The molecule has 0 aliphatic heterocycles. The molecule has 0 fully saturated rings. The van der Waals surface area contributed by atoms with Gasteiger partial charge < -0.3 is 5.32 Å². The van der Waals surface area contributed by atoms with Gasteiger partial charge in [0.2, 0.25) is 15.9 Å². The number of hydrogen-bond acceptors (Lipinski definition) is 5. The summed E-state index contributed by atoms with van der Waals surface area (Å²) in [6, 6.07) is 12.9. The van der Waals surface area contributed by atoms with Crippen molar-refractivity contribution >= 4 is 15.9 Å². The van der Waals surface area contributed by atoms with E-state index in [-0.39, 0.29) is 29.8 Å². The maximum atomic E-state index is 12.8. The summed E-state index contributed by atoms with van der Waals surface area (Å²) in [6.45, 7) is 5.90. The van der Waals surface area contributed by atoms with Crippen molar-refractivity contribution in [3.05, 3.63) is 77.4 Å². The molecule has 0 saturated heterocycles. The highest BCUT2D eigenvalue weighted by molar-refractivity contribution is 7.89. The molecule has 1 unspecified atom stereocenters. The van der Waals surface area contributed by atoms with Crippen molar-refractivity contribution in [1.29, 1.82) is 0 Å². The molecule has 31 heavy (non-hydrogen) atoms. The van der Waals surface area contributed by atoms with Gasteiger partial charge in [-0.05, 0) is 37.5 Å². The number of aryl methyl sites for hydroxylation is 3. The van der Waals surface area contributed by atoms with Gasteiger partial charge in [-0.3, -0.25) is 9.48 Å². The van der Waals surface area contributed by atoms with E-state index in [2.05, 4.69) is 20.1 Å². The SMILES string of the molecule is Cc1cc(C)c(S(=O)(=O)NCCC(=O)NC(Cn2cncn2)c2ccccc2)c(C)c1. The van der Waals surface area contributed by atoms with Crippen LogP contribution in [0.4, 0.5) is 0 Å². The summed E-state index contributed by atoms with van der Waals surface area (Å²) < 4.78 is 29.7. The monoisotopic (exact) mass is 441 g/mol. The molecule has 1 aromatic heterocycles. The van der Waals surface area contributed by atoms with Gasteiger partial charge in [-0.1, -0.05) is 48.0 Å². The summed E-state index contributed by atoms with van der Waals surface area (Å²) in [7, 11) is -3.71. The molecular weight excluding hydrogens is 414 g/mol. The van der Waals surface area contributed by atoms with Crippen molar-refractivity contribution in [3.8, 4) is 0 Å². The van der Waals surface area contributed by atoms with Gasteiger partial charge in [-0.25, -0.2) is 18.1 Å². The van der Waals surface area contributed by atoms with Crippen LogP contribution in [0.15, 0.2) is 60.0 Å². The quantitative estimate of drug-likeness (QED) is 0.530. The van der Waals surface area contributed by atoms with Crippen LogP contribution in [0.1, 0.15) is 34.7 Å². The third kappa shape index (κ3) is 5.99. The van der Waals surface area contributed by atoms with Gasteiger partial charge in [0.1, 0.15) is 12.7 Å². The van der Waals surface area contributed by atoms with Gasteiger partial charge in [0.05, 0.1) is 17.5 Å². The van der Waals surface area contributed by atoms with Crippen LogP contribution >= 0.6 is 0 Å². The van der Waals surface area contributed by atoms with Crippen LogP contribution < -0.4 is 10.0 Å². The largest absolute Gasteiger partial charge is 0.347 e. The summed E-state index contributed by atoms with van der Waals surface area (Å²) in [5.74, 6) is -0.256. The van der Waals surface area contributed by atoms with Crippen LogP contribution in [0.25, 0.3) is 0 Å². The van der Waals surface area contributed by atoms with Crippen molar-refractivity contribution < 1.29 is 13.2 Å². The predicted octanol–water partition coefficient (Wildman–Crippen LogP) is 2.43. The van der Waals surface area contributed by atoms with E-state index in [1.54, 1.807) is 24.9 Å². The van der Waals surface area contributed by atoms with Gasteiger partial charge >= 0.3 is 0 Å². The number of amides is 1. The molecule has 1 amide bonds. The fourth-order valence-corrected chi connectivity index (χ4v) is 5.14. The number of carbonyl (C=O) groups is 1. The van der Waals surface area contributed by atoms with Gasteiger partial charge in [0.25, 0.3) is 0 Å². The second kappa shape index (κ2) is 9.84. The van der Waals surface area contributed by atoms with Crippen LogP contribution in [0.3, 0.4) is 0 Å². The Hall–Kier alpha value is -3.04. The topological polar surface area (TPSA) is 106 Å². The first kappa shape index (κ1) is 22.6. The molecule has 0 radical (unpaired) electrons. The molecule has 3 rings (SSSR count). The summed E-state index contributed by atoms with van der Waals surface area (Å²) in [5.41, 5.74) is 3.31. The molecule has 9 heteroatoms. The standard InChI is InChI=1S/C22H27N5O3S/c1-16-11-17(2)22(18(3)12-16)31(29,30)25-10-9-21(28)26-20(13-27-15-23-14-24-27)19-7-5-4-6-8-19/h4-8,11-12,14-15,20,25H,9-10,13H2,1-3H3,(H,26,28). The number of benzene rings is 2. The van der Waals surface area contributed by atoms with Crippen LogP contribution in [-0.2, 0) is 21.4 Å². The summed E-state index contributed by atoms with van der Waals surface area (Å²) in [5, 5.41) is 7.07. The number of rotatable bonds is 9. The third-order valence-corrected chi connectivity index (χ3v) is 6.66. The Kier molecular flexibility index (Phi) is 7.19. The molecule has 0 saturated carbocycles. The average molecular weight is 442 g/mol. The molecule has 164 valence electrons. The molecule has 8 nitrogen and oxygen atoms in total. The Morgan fingerprint density at radius 3 is 2.39 bits per heavy atom. The Balaban J connectivity index is 1.63. The van der Waals surface area contributed by atoms with Crippen LogP contribution in [0, 0.1) is 20.8 Å². The molecule has 3 aromatic rings. The fraction of sp³-hybridized carbons (Fsp3) is 0.318. The first-order chi connectivity index (χ1) is 14.8. The highest BCUT2D eigenvalue weighted by Gasteiger charge is 2.21. The zero-order chi connectivity index (χ0) is 22.4. The maximum Gasteiger partial charge on any atom is 0.241 e. The Labute approximate surface area is 182 Å². The molecule has 2 N–H and O–H groups in total. The van der Waals surface area contributed by atoms with E-state index in [9.17, 15) is 13.2 Å². The first-order valence-corrected chi connectivity index (χ1v) is 11.5.